The summed E-state index contributed by atoms with van der Waals surface area (Å²) in [7, 11) is 2.02. The normalized spacial score (nSPS) is 21.6. The Morgan fingerprint density at radius 3 is 3.00 bits per heavy atom. The third-order valence-electron chi connectivity index (χ3n) is 2.63. The summed E-state index contributed by atoms with van der Waals surface area (Å²) in [5.41, 5.74) is 0. The molecule has 1 aliphatic heterocycles. The van der Waals surface area contributed by atoms with Gasteiger partial charge in [-0.15, -0.1) is 0 Å². The Hall–Kier alpha value is -0.610. The monoisotopic (exact) mass is 255 g/mol. The number of rotatable bonds is 2. The molecule has 1 aromatic rings. The lowest BCUT2D eigenvalue weighted by Gasteiger charge is -2.17. The molecule has 2 heterocycles. The van der Waals surface area contributed by atoms with Crippen LogP contribution in [0.2, 0.25) is 0 Å². The maximum absolute atomic E-state index is 4.38. The number of hydrogen-bond donors (Lipinski definition) is 1. The van der Waals surface area contributed by atoms with Crippen LogP contribution < -0.4 is 10.2 Å². The van der Waals surface area contributed by atoms with Crippen molar-refractivity contribution in [3.05, 3.63) is 22.8 Å². The van der Waals surface area contributed by atoms with Gasteiger partial charge in [0.05, 0.1) is 0 Å². The standard InChI is InChI=1S/C10H14BrN3/c1-12-9-4-5-14(7-9)10-3-2-8(11)6-13-10/h2-3,6,9,12H,4-5,7H2,1H3/t9-/m0/s1. The van der Waals surface area contributed by atoms with E-state index in [4.69, 9.17) is 0 Å². The van der Waals surface area contributed by atoms with Crippen LogP contribution in [-0.2, 0) is 0 Å². The van der Waals surface area contributed by atoms with Crippen molar-refractivity contribution in [3.8, 4) is 0 Å². The van der Waals surface area contributed by atoms with Crippen molar-refractivity contribution < 1.29 is 0 Å². The quantitative estimate of drug-likeness (QED) is 0.871. The Labute approximate surface area is 92.6 Å². The fraction of sp³-hybridized carbons (Fsp3) is 0.500. The zero-order valence-electron chi connectivity index (χ0n) is 8.20. The number of pyridine rings is 1. The molecule has 1 saturated heterocycles. The van der Waals surface area contributed by atoms with E-state index >= 15 is 0 Å². The molecule has 1 aliphatic rings. The van der Waals surface area contributed by atoms with E-state index in [1.807, 2.05) is 19.3 Å². The predicted octanol–water partition coefficient (Wildman–Crippen LogP) is 1.64. The molecule has 76 valence electrons. The maximum Gasteiger partial charge on any atom is 0.128 e. The van der Waals surface area contributed by atoms with Gasteiger partial charge in [-0.05, 0) is 41.5 Å². The number of aromatic nitrogens is 1. The highest BCUT2D eigenvalue weighted by atomic mass is 79.9. The lowest BCUT2D eigenvalue weighted by atomic mass is 10.3. The molecule has 4 heteroatoms. The summed E-state index contributed by atoms with van der Waals surface area (Å²) in [4.78, 5) is 6.69. The van der Waals surface area contributed by atoms with Crippen LogP contribution in [0.4, 0.5) is 5.82 Å². The van der Waals surface area contributed by atoms with Crippen molar-refractivity contribution >= 4 is 21.7 Å². The molecule has 1 N–H and O–H groups in total. The average molecular weight is 256 g/mol. The highest BCUT2D eigenvalue weighted by Crippen LogP contribution is 2.19. The first-order valence-electron chi connectivity index (χ1n) is 4.83. The number of hydrogen-bond acceptors (Lipinski definition) is 3. The second-order valence-electron chi connectivity index (χ2n) is 3.55. The zero-order valence-corrected chi connectivity index (χ0v) is 9.79. The Morgan fingerprint density at radius 2 is 2.43 bits per heavy atom. The third kappa shape index (κ3) is 2.07. The summed E-state index contributed by atoms with van der Waals surface area (Å²) in [5.74, 6) is 1.07. The van der Waals surface area contributed by atoms with E-state index in [-0.39, 0.29) is 0 Å². The number of nitrogens with one attached hydrogen (secondary N) is 1. The van der Waals surface area contributed by atoms with Crippen molar-refractivity contribution in [2.45, 2.75) is 12.5 Å². The van der Waals surface area contributed by atoms with Crippen LogP contribution in [0.3, 0.4) is 0 Å². The average Bonchev–Trinajstić information content (AvgIpc) is 2.67. The molecule has 1 aromatic heterocycles. The molecule has 14 heavy (non-hydrogen) atoms. The van der Waals surface area contributed by atoms with Crippen molar-refractivity contribution in [1.29, 1.82) is 0 Å². The van der Waals surface area contributed by atoms with Crippen molar-refractivity contribution in [1.82, 2.24) is 10.3 Å². The van der Waals surface area contributed by atoms with E-state index in [0.717, 1.165) is 23.4 Å². The van der Waals surface area contributed by atoms with Gasteiger partial charge in [-0.2, -0.15) is 0 Å². The fourth-order valence-corrected chi connectivity index (χ4v) is 1.99. The van der Waals surface area contributed by atoms with E-state index in [0.29, 0.717) is 6.04 Å². The van der Waals surface area contributed by atoms with Crippen LogP contribution in [-0.4, -0.2) is 31.2 Å². The van der Waals surface area contributed by atoms with Gasteiger partial charge in [-0.3, -0.25) is 0 Å². The molecule has 0 aromatic carbocycles. The molecule has 0 aliphatic carbocycles. The van der Waals surface area contributed by atoms with Crippen molar-refractivity contribution in [2.24, 2.45) is 0 Å². The number of anilines is 1. The first kappa shape index (κ1) is 9.93. The minimum Gasteiger partial charge on any atom is -0.355 e. The van der Waals surface area contributed by atoms with Crippen LogP contribution in [0, 0.1) is 0 Å². The molecule has 0 spiro atoms. The molecule has 2 rings (SSSR count). The van der Waals surface area contributed by atoms with Gasteiger partial charge in [0.2, 0.25) is 0 Å². The van der Waals surface area contributed by atoms with Crippen LogP contribution in [0.25, 0.3) is 0 Å². The van der Waals surface area contributed by atoms with Crippen molar-refractivity contribution in [3.63, 3.8) is 0 Å². The van der Waals surface area contributed by atoms with Gasteiger partial charge in [-0.25, -0.2) is 4.98 Å². The van der Waals surface area contributed by atoms with Crippen LogP contribution >= 0.6 is 15.9 Å². The summed E-state index contributed by atoms with van der Waals surface area (Å²) in [6.45, 7) is 2.16. The zero-order chi connectivity index (χ0) is 9.97. The van der Waals surface area contributed by atoms with Gasteiger partial charge in [0.1, 0.15) is 5.82 Å². The van der Waals surface area contributed by atoms with E-state index < -0.39 is 0 Å². The van der Waals surface area contributed by atoms with E-state index in [1.54, 1.807) is 0 Å². The first-order chi connectivity index (χ1) is 6.79. The van der Waals surface area contributed by atoms with E-state index in [9.17, 15) is 0 Å². The molecule has 0 radical (unpaired) electrons. The summed E-state index contributed by atoms with van der Waals surface area (Å²) < 4.78 is 1.03. The van der Waals surface area contributed by atoms with Crippen LogP contribution in [0.5, 0.6) is 0 Å². The van der Waals surface area contributed by atoms with E-state index in [1.165, 1.54) is 6.42 Å². The molecule has 0 amide bonds. The van der Waals surface area contributed by atoms with Gasteiger partial charge in [0.25, 0.3) is 0 Å². The van der Waals surface area contributed by atoms with Gasteiger partial charge in [0, 0.05) is 29.8 Å². The topological polar surface area (TPSA) is 28.2 Å². The Morgan fingerprint density at radius 1 is 1.57 bits per heavy atom. The molecule has 0 unspecified atom stereocenters. The van der Waals surface area contributed by atoms with Crippen LogP contribution in [0.15, 0.2) is 22.8 Å². The molecule has 1 atom stereocenters. The molecular formula is C10H14BrN3. The molecule has 1 fully saturated rings. The first-order valence-corrected chi connectivity index (χ1v) is 5.62. The number of nitrogens with zero attached hydrogens (tertiary/aromatic N) is 2. The highest BCUT2D eigenvalue weighted by Gasteiger charge is 2.21. The Kier molecular flexibility index (Phi) is 3.03. The third-order valence-corrected chi connectivity index (χ3v) is 3.10. The molecule has 3 nitrogen and oxygen atoms in total. The number of halogens is 1. The van der Waals surface area contributed by atoms with Crippen LogP contribution in [0.1, 0.15) is 6.42 Å². The Bertz CT molecular complexity index is 299. The van der Waals surface area contributed by atoms with Crippen molar-refractivity contribution in [2.75, 3.05) is 25.0 Å². The SMILES string of the molecule is CN[C@H]1CCN(c2ccc(Br)cn2)C1. The lowest BCUT2D eigenvalue weighted by Crippen LogP contribution is -2.29. The molecular weight excluding hydrogens is 242 g/mol. The van der Waals surface area contributed by atoms with E-state index in [2.05, 4.69) is 37.2 Å². The summed E-state index contributed by atoms with van der Waals surface area (Å²) in [5, 5.41) is 3.30. The lowest BCUT2D eigenvalue weighted by molar-refractivity contribution is 0.616. The summed E-state index contributed by atoms with van der Waals surface area (Å²) in [6, 6.07) is 4.71. The second-order valence-corrected chi connectivity index (χ2v) is 4.47. The summed E-state index contributed by atoms with van der Waals surface area (Å²) >= 11 is 3.39. The fourth-order valence-electron chi connectivity index (χ4n) is 1.76. The largest absolute Gasteiger partial charge is 0.355 e. The maximum atomic E-state index is 4.38. The smallest absolute Gasteiger partial charge is 0.128 e. The minimum atomic E-state index is 0.612. The molecule has 0 saturated carbocycles. The number of likely N-dealkylation sites (N-methyl/N-ethyl adjacent to an activating group) is 1. The minimum absolute atomic E-state index is 0.612. The summed E-state index contributed by atoms with van der Waals surface area (Å²) in [6.07, 6.45) is 3.05. The van der Waals surface area contributed by atoms with Gasteiger partial charge < -0.3 is 10.2 Å². The Balaban J connectivity index is 2.06. The van der Waals surface area contributed by atoms with Gasteiger partial charge in [-0.1, -0.05) is 0 Å². The second kappa shape index (κ2) is 4.28. The highest BCUT2D eigenvalue weighted by molar-refractivity contribution is 9.10. The van der Waals surface area contributed by atoms with Gasteiger partial charge >= 0.3 is 0 Å². The predicted molar refractivity (Wildman–Crippen MR) is 61.6 cm³/mol. The molecule has 0 bridgehead atoms. The van der Waals surface area contributed by atoms with Gasteiger partial charge in [0.15, 0.2) is 0 Å².